The Morgan fingerprint density at radius 2 is 1.96 bits per heavy atom. The van der Waals surface area contributed by atoms with E-state index in [4.69, 9.17) is 11.6 Å². The van der Waals surface area contributed by atoms with Crippen LogP contribution in [0.3, 0.4) is 0 Å². The van der Waals surface area contributed by atoms with Gasteiger partial charge in [0.25, 0.3) is 0 Å². The normalized spacial score (nSPS) is 11.8. The molecule has 0 saturated heterocycles. The maximum atomic E-state index is 14.1. The van der Waals surface area contributed by atoms with Gasteiger partial charge in [-0.15, -0.1) is 0 Å². The fraction of sp³-hybridized carbons (Fsp3) is 0.333. The van der Waals surface area contributed by atoms with Crippen molar-refractivity contribution in [2.45, 2.75) is 39.3 Å². The van der Waals surface area contributed by atoms with Gasteiger partial charge in [0.1, 0.15) is 11.9 Å². The van der Waals surface area contributed by atoms with Crippen LogP contribution in [0, 0.1) is 5.82 Å². The average molecular weight is 470 g/mol. The van der Waals surface area contributed by atoms with Crippen molar-refractivity contribution in [3.05, 3.63) is 68.9 Å². The van der Waals surface area contributed by atoms with Crippen molar-refractivity contribution >= 4 is 39.3 Å². The summed E-state index contributed by atoms with van der Waals surface area (Å²) in [7, 11) is 0. The van der Waals surface area contributed by atoms with Gasteiger partial charge in [0.05, 0.1) is 6.42 Å². The summed E-state index contributed by atoms with van der Waals surface area (Å²) in [6, 6.07) is 11.1. The number of amides is 2. The largest absolute Gasteiger partial charge is 0.354 e. The highest BCUT2D eigenvalue weighted by molar-refractivity contribution is 9.10. The van der Waals surface area contributed by atoms with Gasteiger partial charge in [-0.25, -0.2) is 4.39 Å². The van der Waals surface area contributed by atoms with E-state index in [1.807, 2.05) is 31.2 Å². The molecule has 2 amide bonds. The molecule has 28 heavy (non-hydrogen) atoms. The summed E-state index contributed by atoms with van der Waals surface area (Å²) in [6.45, 7) is 4.38. The Labute approximate surface area is 178 Å². The quantitative estimate of drug-likeness (QED) is 0.608. The molecular weight excluding hydrogens is 447 g/mol. The smallest absolute Gasteiger partial charge is 0.242 e. The SMILES string of the molecule is CCCNC(=O)C(C)N(Cc1cccc(Br)c1)C(=O)Cc1c(F)cccc1Cl. The monoisotopic (exact) mass is 468 g/mol. The molecule has 0 aromatic heterocycles. The number of rotatable bonds is 8. The van der Waals surface area contributed by atoms with Crippen molar-refractivity contribution in [1.82, 2.24) is 10.2 Å². The third kappa shape index (κ3) is 6.04. The Kier molecular flexibility index (Phi) is 8.45. The molecule has 7 heteroatoms. The van der Waals surface area contributed by atoms with Crippen LogP contribution in [0.2, 0.25) is 5.02 Å². The van der Waals surface area contributed by atoms with Crippen LogP contribution in [0.25, 0.3) is 0 Å². The zero-order valence-electron chi connectivity index (χ0n) is 15.8. The van der Waals surface area contributed by atoms with E-state index in [1.54, 1.807) is 13.0 Å². The second kappa shape index (κ2) is 10.6. The lowest BCUT2D eigenvalue weighted by Crippen LogP contribution is -2.48. The maximum Gasteiger partial charge on any atom is 0.242 e. The highest BCUT2D eigenvalue weighted by Crippen LogP contribution is 2.22. The number of hydrogen-bond donors (Lipinski definition) is 1. The molecule has 0 bridgehead atoms. The lowest BCUT2D eigenvalue weighted by atomic mass is 10.1. The molecule has 0 heterocycles. The molecular formula is C21H23BrClFN2O2. The van der Waals surface area contributed by atoms with E-state index in [0.717, 1.165) is 16.5 Å². The highest BCUT2D eigenvalue weighted by Gasteiger charge is 2.27. The molecule has 0 spiro atoms. The third-order valence-electron chi connectivity index (χ3n) is 4.35. The van der Waals surface area contributed by atoms with Crippen molar-refractivity contribution in [1.29, 1.82) is 0 Å². The molecule has 2 aromatic rings. The van der Waals surface area contributed by atoms with Crippen LogP contribution in [0.5, 0.6) is 0 Å². The molecule has 1 N–H and O–H groups in total. The van der Waals surface area contributed by atoms with E-state index in [-0.39, 0.29) is 35.4 Å². The Morgan fingerprint density at radius 1 is 1.25 bits per heavy atom. The number of halogens is 3. The molecule has 0 aliphatic carbocycles. The van der Waals surface area contributed by atoms with Gasteiger partial charge in [-0.05, 0) is 43.2 Å². The average Bonchev–Trinajstić information content (AvgIpc) is 2.66. The van der Waals surface area contributed by atoms with Crippen molar-refractivity contribution in [2.75, 3.05) is 6.54 Å². The number of nitrogens with zero attached hydrogens (tertiary/aromatic N) is 1. The molecule has 1 unspecified atom stereocenters. The second-order valence-electron chi connectivity index (χ2n) is 6.50. The summed E-state index contributed by atoms with van der Waals surface area (Å²) >= 11 is 9.49. The summed E-state index contributed by atoms with van der Waals surface area (Å²) in [6.07, 6.45) is 0.577. The van der Waals surface area contributed by atoms with Gasteiger partial charge in [0.15, 0.2) is 0 Å². The number of carbonyl (C=O) groups excluding carboxylic acids is 2. The van der Waals surface area contributed by atoms with E-state index < -0.39 is 11.9 Å². The zero-order chi connectivity index (χ0) is 20.7. The van der Waals surface area contributed by atoms with E-state index in [9.17, 15) is 14.0 Å². The van der Waals surface area contributed by atoms with E-state index in [0.29, 0.717) is 6.54 Å². The molecule has 1 atom stereocenters. The van der Waals surface area contributed by atoms with E-state index in [1.165, 1.54) is 17.0 Å². The minimum Gasteiger partial charge on any atom is -0.354 e. The first kappa shape index (κ1) is 22.4. The van der Waals surface area contributed by atoms with Gasteiger partial charge in [0, 0.05) is 28.1 Å². The summed E-state index contributed by atoms with van der Waals surface area (Å²) < 4.78 is 15.0. The molecule has 150 valence electrons. The number of benzene rings is 2. The highest BCUT2D eigenvalue weighted by atomic mass is 79.9. The standard InChI is InChI=1S/C21H23BrClFN2O2/c1-3-10-25-21(28)14(2)26(13-15-6-4-7-16(22)11-15)20(27)12-17-18(23)8-5-9-19(17)24/h4-9,11,14H,3,10,12-13H2,1-2H3,(H,25,28). The second-order valence-corrected chi connectivity index (χ2v) is 7.82. The van der Waals surface area contributed by atoms with E-state index >= 15 is 0 Å². The molecule has 0 fully saturated rings. The van der Waals surface area contributed by atoms with Gasteiger partial charge < -0.3 is 10.2 Å². The predicted octanol–water partition coefficient (Wildman–Crippen LogP) is 4.73. The summed E-state index contributed by atoms with van der Waals surface area (Å²) in [4.78, 5) is 27.0. The van der Waals surface area contributed by atoms with Gasteiger partial charge in [0.2, 0.25) is 11.8 Å². The first-order chi connectivity index (χ1) is 13.3. The molecule has 0 saturated carbocycles. The molecule has 0 aliphatic rings. The molecule has 0 radical (unpaired) electrons. The Hall–Kier alpha value is -1.92. The van der Waals surface area contributed by atoms with Crippen LogP contribution < -0.4 is 5.32 Å². The van der Waals surface area contributed by atoms with Crippen molar-refractivity contribution in [3.8, 4) is 0 Å². The zero-order valence-corrected chi connectivity index (χ0v) is 18.2. The van der Waals surface area contributed by atoms with Crippen LogP contribution in [0.1, 0.15) is 31.4 Å². The fourth-order valence-corrected chi connectivity index (χ4v) is 3.44. The number of carbonyl (C=O) groups is 2. The van der Waals surface area contributed by atoms with Crippen molar-refractivity contribution in [2.24, 2.45) is 0 Å². The van der Waals surface area contributed by atoms with Crippen molar-refractivity contribution < 1.29 is 14.0 Å². The molecule has 0 aliphatic heterocycles. The minimum absolute atomic E-state index is 0.134. The Morgan fingerprint density at radius 3 is 2.61 bits per heavy atom. The molecule has 2 aromatic carbocycles. The van der Waals surface area contributed by atoms with Gasteiger partial charge in [-0.2, -0.15) is 0 Å². The fourth-order valence-electron chi connectivity index (χ4n) is 2.76. The van der Waals surface area contributed by atoms with Crippen LogP contribution in [0.4, 0.5) is 4.39 Å². The summed E-state index contributed by atoms with van der Waals surface area (Å²) in [5.41, 5.74) is 0.993. The first-order valence-corrected chi connectivity index (χ1v) is 10.2. The summed E-state index contributed by atoms with van der Waals surface area (Å²) in [5.74, 6) is -1.15. The number of hydrogen-bond acceptors (Lipinski definition) is 2. The predicted molar refractivity (Wildman–Crippen MR) is 113 cm³/mol. The van der Waals surface area contributed by atoms with Gasteiger partial charge in [-0.3, -0.25) is 9.59 Å². The van der Waals surface area contributed by atoms with Crippen LogP contribution in [-0.2, 0) is 22.6 Å². The van der Waals surface area contributed by atoms with Crippen LogP contribution in [-0.4, -0.2) is 29.3 Å². The van der Waals surface area contributed by atoms with Gasteiger partial charge >= 0.3 is 0 Å². The first-order valence-electron chi connectivity index (χ1n) is 9.08. The number of nitrogens with one attached hydrogen (secondary N) is 1. The molecule has 4 nitrogen and oxygen atoms in total. The van der Waals surface area contributed by atoms with Gasteiger partial charge in [-0.1, -0.05) is 52.7 Å². The third-order valence-corrected chi connectivity index (χ3v) is 5.20. The van der Waals surface area contributed by atoms with Crippen LogP contribution in [0.15, 0.2) is 46.9 Å². The molecule has 2 rings (SSSR count). The maximum absolute atomic E-state index is 14.1. The van der Waals surface area contributed by atoms with E-state index in [2.05, 4.69) is 21.2 Å². The topological polar surface area (TPSA) is 49.4 Å². The lowest BCUT2D eigenvalue weighted by Gasteiger charge is -2.29. The Balaban J connectivity index is 2.28. The summed E-state index contributed by atoms with van der Waals surface area (Å²) in [5, 5.41) is 3.00. The Bertz CT molecular complexity index is 827. The van der Waals surface area contributed by atoms with Crippen molar-refractivity contribution in [3.63, 3.8) is 0 Å². The lowest BCUT2D eigenvalue weighted by molar-refractivity contribution is -0.140. The minimum atomic E-state index is -0.705. The van der Waals surface area contributed by atoms with Crippen LogP contribution >= 0.6 is 27.5 Å².